The number of nitrogen functional groups attached to an aromatic ring is 1. The Morgan fingerprint density at radius 1 is 1.03 bits per heavy atom. The van der Waals surface area contributed by atoms with E-state index in [1.807, 2.05) is 24.3 Å². The van der Waals surface area contributed by atoms with Crippen LogP contribution < -0.4 is 11.1 Å². The minimum absolute atomic E-state index is 0.126. The summed E-state index contributed by atoms with van der Waals surface area (Å²) in [6, 6.07) is 8.01. The Hall–Kier alpha value is -2.83. The number of hydrogen-bond acceptors (Lipinski definition) is 10. The maximum atomic E-state index is 10.3. The SMILES string of the molecule is Nc1nc(NCCc2ccc(CCO)cc2)nc2c1ncn2[C@@H]1O[C@H](CO)[C@@H](O)[C@H]1O. The van der Waals surface area contributed by atoms with Crippen molar-refractivity contribution >= 4 is 22.9 Å². The zero-order valence-corrected chi connectivity index (χ0v) is 16.8. The quantitative estimate of drug-likeness (QED) is 0.266. The minimum Gasteiger partial charge on any atom is -0.396 e. The van der Waals surface area contributed by atoms with Crippen molar-refractivity contribution in [2.24, 2.45) is 0 Å². The van der Waals surface area contributed by atoms with Gasteiger partial charge in [-0.3, -0.25) is 4.57 Å². The summed E-state index contributed by atoms with van der Waals surface area (Å²) in [6.45, 7) is 0.264. The summed E-state index contributed by atoms with van der Waals surface area (Å²) in [5, 5.41) is 41.8. The highest BCUT2D eigenvalue weighted by Crippen LogP contribution is 2.32. The predicted molar refractivity (Wildman–Crippen MR) is 112 cm³/mol. The van der Waals surface area contributed by atoms with Crippen LogP contribution in [0.3, 0.4) is 0 Å². The summed E-state index contributed by atoms with van der Waals surface area (Å²) in [5.74, 6) is 0.474. The van der Waals surface area contributed by atoms with Crippen LogP contribution in [0.4, 0.5) is 11.8 Å². The molecule has 166 valence electrons. The van der Waals surface area contributed by atoms with E-state index in [0.717, 1.165) is 17.5 Å². The number of aromatic nitrogens is 4. The number of nitrogens with zero attached hydrogens (tertiary/aromatic N) is 4. The topological polar surface area (TPSA) is 172 Å². The van der Waals surface area contributed by atoms with Crippen LogP contribution in [0, 0.1) is 0 Å². The molecule has 0 unspecified atom stereocenters. The number of hydrogen-bond donors (Lipinski definition) is 6. The highest BCUT2D eigenvalue weighted by Gasteiger charge is 2.44. The lowest BCUT2D eigenvalue weighted by atomic mass is 10.1. The molecule has 0 spiro atoms. The molecule has 4 rings (SSSR count). The Morgan fingerprint density at radius 2 is 1.74 bits per heavy atom. The number of nitrogens with two attached hydrogens (primary N) is 1. The molecule has 0 bridgehead atoms. The molecule has 11 heteroatoms. The first-order chi connectivity index (χ1) is 15.0. The average Bonchev–Trinajstić information content (AvgIpc) is 3.31. The van der Waals surface area contributed by atoms with Crippen molar-refractivity contribution in [2.45, 2.75) is 37.4 Å². The third kappa shape index (κ3) is 4.31. The molecule has 31 heavy (non-hydrogen) atoms. The second kappa shape index (κ2) is 9.12. The Morgan fingerprint density at radius 3 is 2.39 bits per heavy atom. The summed E-state index contributed by atoms with van der Waals surface area (Å²) in [4.78, 5) is 12.9. The smallest absolute Gasteiger partial charge is 0.226 e. The van der Waals surface area contributed by atoms with Gasteiger partial charge in [-0.1, -0.05) is 24.3 Å². The molecular formula is C20H26N6O5. The van der Waals surface area contributed by atoms with E-state index in [2.05, 4.69) is 20.3 Å². The fourth-order valence-corrected chi connectivity index (χ4v) is 3.63. The molecule has 1 aliphatic rings. The number of rotatable bonds is 8. The number of imidazole rings is 1. The van der Waals surface area contributed by atoms with Gasteiger partial charge in [-0.25, -0.2) is 4.98 Å². The van der Waals surface area contributed by atoms with Crippen molar-refractivity contribution in [1.82, 2.24) is 19.5 Å². The highest BCUT2D eigenvalue weighted by atomic mass is 16.6. The number of aliphatic hydroxyl groups is 4. The molecule has 1 aromatic carbocycles. The second-order valence-corrected chi connectivity index (χ2v) is 7.45. The normalized spacial score (nSPS) is 23.5. The highest BCUT2D eigenvalue weighted by molar-refractivity contribution is 5.83. The number of nitrogens with one attached hydrogen (secondary N) is 1. The Kier molecular flexibility index (Phi) is 6.30. The summed E-state index contributed by atoms with van der Waals surface area (Å²) in [7, 11) is 0. The molecule has 0 amide bonds. The molecule has 1 aliphatic heterocycles. The summed E-state index contributed by atoms with van der Waals surface area (Å²) in [6.07, 6.45) is -1.57. The Labute approximate surface area is 178 Å². The van der Waals surface area contributed by atoms with Crippen LogP contribution in [0.2, 0.25) is 0 Å². The van der Waals surface area contributed by atoms with Gasteiger partial charge in [-0.05, 0) is 24.0 Å². The maximum Gasteiger partial charge on any atom is 0.226 e. The van der Waals surface area contributed by atoms with Crippen LogP contribution in [-0.2, 0) is 17.6 Å². The van der Waals surface area contributed by atoms with Gasteiger partial charge in [-0.2, -0.15) is 9.97 Å². The second-order valence-electron chi connectivity index (χ2n) is 7.45. The Balaban J connectivity index is 1.48. The first-order valence-corrected chi connectivity index (χ1v) is 10.1. The van der Waals surface area contributed by atoms with Crippen molar-refractivity contribution in [3.8, 4) is 0 Å². The number of ether oxygens (including phenoxy) is 1. The summed E-state index contributed by atoms with van der Waals surface area (Å²) in [5.41, 5.74) is 8.93. The van der Waals surface area contributed by atoms with Gasteiger partial charge in [0.25, 0.3) is 0 Å². The largest absolute Gasteiger partial charge is 0.396 e. The lowest BCUT2D eigenvalue weighted by Crippen LogP contribution is -2.33. The van der Waals surface area contributed by atoms with E-state index >= 15 is 0 Å². The average molecular weight is 430 g/mol. The van der Waals surface area contributed by atoms with E-state index < -0.39 is 31.1 Å². The molecule has 1 fully saturated rings. The monoisotopic (exact) mass is 430 g/mol. The molecule has 3 heterocycles. The van der Waals surface area contributed by atoms with Gasteiger partial charge in [0.05, 0.1) is 12.9 Å². The Bertz CT molecular complexity index is 1030. The van der Waals surface area contributed by atoms with Crippen LogP contribution >= 0.6 is 0 Å². The van der Waals surface area contributed by atoms with Gasteiger partial charge in [0.2, 0.25) is 5.95 Å². The molecule has 4 atom stereocenters. The van der Waals surface area contributed by atoms with Crippen molar-refractivity contribution in [1.29, 1.82) is 0 Å². The zero-order valence-electron chi connectivity index (χ0n) is 16.8. The number of aliphatic hydroxyl groups excluding tert-OH is 4. The summed E-state index contributed by atoms with van der Waals surface area (Å²) >= 11 is 0. The van der Waals surface area contributed by atoms with Crippen molar-refractivity contribution in [3.63, 3.8) is 0 Å². The van der Waals surface area contributed by atoms with Gasteiger partial charge < -0.3 is 36.2 Å². The third-order valence-corrected chi connectivity index (χ3v) is 5.36. The molecule has 1 saturated heterocycles. The standard InChI is InChI=1S/C20H26N6O5/c21-17-14-18(26(10-23-14)19-16(30)15(29)13(9-28)31-19)25-20(24-17)22-7-5-11-1-3-12(4-2-11)6-8-27/h1-4,10,13,15-16,19,27-30H,5-9H2,(H3,21,22,24,25)/t13-,15-,16-,19-/m1/s1. The van der Waals surface area contributed by atoms with E-state index in [0.29, 0.717) is 30.1 Å². The predicted octanol–water partition coefficient (Wildman–Crippen LogP) is -0.791. The fraction of sp³-hybridized carbons (Fsp3) is 0.450. The third-order valence-electron chi connectivity index (χ3n) is 5.36. The zero-order chi connectivity index (χ0) is 22.0. The summed E-state index contributed by atoms with van der Waals surface area (Å²) < 4.78 is 7.04. The van der Waals surface area contributed by atoms with E-state index in [1.54, 1.807) is 0 Å². The molecular weight excluding hydrogens is 404 g/mol. The van der Waals surface area contributed by atoms with Crippen LogP contribution in [0.25, 0.3) is 11.2 Å². The van der Waals surface area contributed by atoms with Crippen molar-refractivity contribution in [2.75, 3.05) is 30.8 Å². The van der Waals surface area contributed by atoms with Gasteiger partial charge in [-0.15, -0.1) is 0 Å². The fourth-order valence-electron chi connectivity index (χ4n) is 3.63. The molecule has 0 radical (unpaired) electrons. The van der Waals surface area contributed by atoms with Gasteiger partial charge in [0.1, 0.15) is 23.8 Å². The molecule has 0 aliphatic carbocycles. The molecule has 0 saturated carbocycles. The van der Waals surface area contributed by atoms with E-state index in [-0.39, 0.29) is 12.4 Å². The molecule has 7 N–H and O–H groups in total. The van der Waals surface area contributed by atoms with Crippen LogP contribution in [0.1, 0.15) is 17.4 Å². The van der Waals surface area contributed by atoms with Crippen molar-refractivity contribution < 1.29 is 25.2 Å². The van der Waals surface area contributed by atoms with E-state index in [1.165, 1.54) is 10.9 Å². The number of benzene rings is 1. The lowest BCUT2D eigenvalue weighted by Gasteiger charge is -2.16. The number of anilines is 2. The van der Waals surface area contributed by atoms with Gasteiger partial charge in [0.15, 0.2) is 17.7 Å². The molecule has 3 aromatic rings. The van der Waals surface area contributed by atoms with Crippen molar-refractivity contribution in [3.05, 3.63) is 41.7 Å². The van der Waals surface area contributed by atoms with E-state index in [9.17, 15) is 15.3 Å². The number of fused-ring (bicyclic) bond motifs is 1. The lowest BCUT2D eigenvalue weighted by molar-refractivity contribution is -0.0511. The molecule has 11 nitrogen and oxygen atoms in total. The minimum atomic E-state index is -1.25. The van der Waals surface area contributed by atoms with Crippen LogP contribution in [0.5, 0.6) is 0 Å². The first-order valence-electron chi connectivity index (χ1n) is 10.1. The van der Waals surface area contributed by atoms with Crippen LogP contribution in [-0.4, -0.2) is 78.0 Å². The van der Waals surface area contributed by atoms with E-state index in [4.69, 9.17) is 15.6 Å². The molecule has 2 aromatic heterocycles. The van der Waals surface area contributed by atoms with Crippen LogP contribution in [0.15, 0.2) is 30.6 Å². The van der Waals surface area contributed by atoms with Gasteiger partial charge in [0, 0.05) is 13.2 Å². The maximum absolute atomic E-state index is 10.3. The first kappa shape index (κ1) is 21.4. The van der Waals surface area contributed by atoms with Gasteiger partial charge >= 0.3 is 0 Å².